The number of amides is 2. The van der Waals surface area contributed by atoms with E-state index in [1.54, 1.807) is 10.7 Å². The number of methoxy groups -OCH3 is 1. The topological polar surface area (TPSA) is 121 Å². The number of nitrogens with two attached hydrogens (primary N) is 1. The minimum absolute atomic E-state index is 0.108. The van der Waals surface area contributed by atoms with Crippen molar-refractivity contribution in [2.45, 2.75) is 26.2 Å². The molecule has 2 aromatic carbocycles. The predicted molar refractivity (Wildman–Crippen MR) is 129 cm³/mol. The van der Waals surface area contributed by atoms with Gasteiger partial charge in [-0.15, -0.1) is 0 Å². The third-order valence-electron chi connectivity index (χ3n) is 5.78. The van der Waals surface area contributed by atoms with Crippen molar-refractivity contribution in [3.63, 3.8) is 0 Å². The maximum Gasteiger partial charge on any atom is 0.255 e. The number of thiazole rings is 1. The van der Waals surface area contributed by atoms with Crippen LogP contribution in [0.3, 0.4) is 0 Å². The summed E-state index contributed by atoms with van der Waals surface area (Å²) < 4.78 is 13.7. The molecule has 1 aliphatic heterocycles. The van der Waals surface area contributed by atoms with Crippen LogP contribution >= 0.6 is 11.3 Å². The number of benzene rings is 2. The van der Waals surface area contributed by atoms with Crippen LogP contribution in [0.15, 0.2) is 36.4 Å². The van der Waals surface area contributed by atoms with Gasteiger partial charge in [-0.05, 0) is 49.2 Å². The highest BCUT2D eigenvalue weighted by Crippen LogP contribution is 2.43. The zero-order valence-corrected chi connectivity index (χ0v) is 19.7. The summed E-state index contributed by atoms with van der Waals surface area (Å²) in [7, 11) is 1.52. The number of ether oxygens (including phenoxy) is 2. The molecule has 0 radical (unpaired) electrons. The smallest absolute Gasteiger partial charge is 0.255 e. The van der Waals surface area contributed by atoms with Gasteiger partial charge in [0, 0.05) is 17.9 Å². The summed E-state index contributed by atoms with van der Waals surface area (Å²) in [6.07, 6.45) is 0.267. The van der Waals surface area contributed by atoms with Gasteiger partial charge in [-0.25, -0.2) is 4.98 Å². The number of aromatic nitrogens is 3. The minimum Gasteiger partial charge on any atom is -0.493 e. The van der Waals surface area contributed by atoms with Gasteiger partial charge in [-0.3, -0.25) is 9.59 Å². The van der Waals surface area contributed by atoms with Gasteiger partial charge in [0.05, 0.1) is 23.0 Å². The van der Waals surface area contributed by atoms with Crippen molar-refractivity contribution in [1.82, 2.24) is 14.8 Å². The summed E-state index contributed by atoms with van der Waals surface area (Å²) in [4.78, 5) is 28.6. The van der Waals surface area contributed by atoms with E-state index in [1.807, 2.05) is 38.1 Å². The number of primary amides is 1. The lowest BCUT2D eigenvalue weighted by Crippen LogP contribution is -2.25. The molecule has 9 nitrogen and oxygen atoms in total. The van der Waals surface area contributed by atoms with Gasteiger partial charge in [0.2, 0.25) is 11.0 Å². The van der Waals surface area contributed by atoms with Crippen molar-refractivity contribution < 1.29 is 19.1 Å². The molecule has 0 spiro atoms. The molecule has 0 unspecified atom stereocenters. The van der Waals surface area contributed by atoms with Crippen molar-refractivity contribution in [3.8, 4) is 16.6 Å². The second-order valence-electron chi connectivity index (χ2n) is 8.20. The Balaban J connectivity index is 1.57. The SMILES string of the molecule is COc1cc([C@@H]2CC(=O)Nc3c2c(C)nn3-c2nc3ccc(C)cc3s2)ccc1OCC(N)=O. The van der Waals surface area contributed by atoms with Crippen molar-refractivity contribution >= 4 is 39.2 Å². The highest BCUT2D eigenvalue weighted by atomic mass is 32.1. The predicted octanol–water partition coefficient (Wildman–Crippen LogP) is 3.45. The lowest BCUT2D eigenvalue weighted by atomic mass is 9.85. The number of hydrogen-bond donors (Lipinski definition) is 2. The molecule has 5 rings (SSSR count). The Morgan fingerprint density at radius 2 is 2.06 bits per heavy atom. The molecular weight excluding hydrogens is 454 g/mol. The normalized spacial score (nSPS) is 15.1. The first-order valence-electron chi connectivity index (χ1n) is 10.7. The van der Waals surface area contributed by atoms with E-state index in [2.05, 4.69) is 11.4 Å². The largest absolute Gasteiger partial charge is 0.493 e. The number of fused-ring (bicyclic) bond motifs is 2. The number of nitrogens with one attached hydrogen (secondary N) is 1. The average molecular weight is 478 g/mol. The third-order valence-corrected chi connectivity index (χ3v) is 6.77. The zero-order valence-electron chi connectivity index (χ0n) is 18.9. The van der Waals surface area contributed by atoms with Crippen LogP contribution in [-0.4, -0.2) is 40.3 Å². The quantitative estimate of drug-likeness (QED) is 0.439. The van der Waals surface area contributed by atoms with Gasteiger partial charge in [0.25, 0.3) is 5.91 Å². The molecule has 1 aliphatic rings. The fraction of sp³-hybridized carbons (Fsp3) is 0.250. The number of aryl methyl sites for hydroxylation is 2. The number of carbonyl (C=O) groups excluding carboxylic acids is 2. The molecule has 10 heteroatoms. The van der Waals surface area contributed by atoms with Crippen LogP contribution in [0.4, 0.5) is 5.82 Å². The fourth-order valence-electron chi connectivity index (χ4n) is 4.25. The monoisotopic (exact) mass is 477 g/mol. The van der Waals surface area contributed by atoms with Crippen molar-refractivity contribution in [2.24, 2.45) is 5.73 Å². The van der Waals surface area contributed by atoms with Crippen LogP contribution in [0, 0.1) is 13.8 Å². The highest BCUT2D eigenvalue weighted by molar-refractivity contribution is 7.20. The lowest BCUT2D eigenvalue weighted by molar-refractivity contribution is -0.120. The van der Waals surface area contributed by atoms with E-state index < -0.39 is 5.91 Å². The molecule has 0 saturated heterocycles. The molecule has 34 heavy (non-hydrogen) atoms. The molecule has 0 saturated carbocycles. The Kier molecular flexibility index (Phi) is 5.45. The van der Waals surface area contributed by atoms with E-state index in [0.29, 0.717) is 22.4 Å². The van der Waals surface area contributed by atoms with E-state index in [4.69, 9.17) is 25.3 Å². The molecule has 0 aliphatic carbocycles. The summed E-state index contributed by atoms with van der Waals surface area (Å²) in [6.45, 7) is 3.72. The van der Waals surface area contributed by atoms with Gasteiger partial charge in [-0.1, -0.05) is 23.5 Å². The van der Waals surface area contributed by atoms with Gasteiger partial charge in [-0.2, -0.15) is 9.78 Å². The van der Waals surface area contributed by atoms with Crippen molar-refractivity contribution in [2.75, 3.05) is 19.0 Å². The van der Waals surface area contributed by atoms with E-state index in [1.165, 1.54) is 18.4 Å². The van der Waals surface area contributed by atoms with Crippen LogP contribution in [0.1, 0.15) is 34.7 Å². The summed E-state index contributed by atoms with van der Waals surface area (Å²) in [5.74, 6) is 0.577. The first-order valence-corrected chi connectivity index (χ1v) is 11.5. The summed E-state index contributed by atoms with van der Waals surface area (Å²) in [5.41, 5.74) is 9.85. The Hall–Kier alpha value is -3.92. The molecular formula is C24H23N5O4S. The Morgan fingerprint density at radius 1 is 1.24 bits per heavy atom. The van der Waals surface area contributed by atoms with Crippen LogP contribution < -0.4 is 20.5 Å². The van der Waals surface area contributed by atoms with Crippen LogP contribution in [0.2, 0.25) is 0 Å². The molecule has 1 atom stereocenters. The fourth-order valence-corrected chi connectivity index (χ4v) is 5.27. The number of nitrogens with zero attached hydrogens (tertiary/aromatic N) is 3. The third kappa shape index (κ3) is 3.86. The molecule has 2 aromatic heterocycles. The molecule has 2 amide bonds. The zero-order chi connectivity index (χ0) is 24.0. The maximum atomic E-state index is 12.7. The van der Waals surface area contributed by atoms with E-state index >= 15 is 0 Å². The van der Waals surface area contributed by atoms with Gasteiger partial charge < -0.3 is 20.5 Å². The van der Waals surface area contributed by atoms with Gasteiger partial charge in [0.1, 0.15) is 5.82 Å². The minimum atomic E-state index is -0.576. The van der Waals surface area contributed by atoms with Crippen molar-refractivity contribution in [1.29, 1.82) is 0 Å². The number of hydrogen-bond acceptors (Lipinski definition) is 7. The molecule has 0 bridgehead atoms. The number of anilines is 1. The average Bonchev–Trinajstić information content (AvgIpc) is 3.37. The first kappa shape index (κ1) is 21.9. The van der Waals surface area contributed by atoms with Gasteiger partial charge in [0.15, 0.2) is 18.1 Å². The Morgan fingerprint density at radius 3 is 2.82 bits per heavy atom. The second-order valence-corrected chi connectivity index (χ2v) is 9.21. The number of rotatable bonds is 6. The lowest BCUT2D eigenvalue weighted by Gasteiger charge is -2.24. The van der Waals surface area contributed by atoms with Crippen LogP contribution in [-0.2, 0) is 9.59 Å². The van der Waals surface area contributed by atoms with Crippen LogP contribution in [0.5, 0.6) is 11.5 Å². The van der Waals surface area contributed by atoms with Crippen LogP contribution in [0.25, 0.3) is 15.3 Å². The Labute approximate surface area is 199 Å². The Bertz CT molecular complexity index is 1440. The standard InChI is InChI=1S/C24H23N5O4S/c1-12-4-6-16-19(8-12)34-24(26-16)29-23-22(13(2)28-29)15(10-21(31)27-23)14-5-7-17(18(9-14)32-3)33-11-20(25)30/h4-9,15H,10-11H2,1-3H3,(H2,25,30)(H,27,31)/t15-/m0/s1. The summed E-state index contributed by atoms with van der Waals surface area (Å²) in [5, 5.41) is 8.43. The molecule has 4 aromatic rings. The molecule has 3 N–H and O–H groups in total. The van der Waals surface area contributed by atoms with E-state index in [9.17, 15) is 9.59 Å². The van der Waals surface area contributed by atoms with E-state index in [0.717, 1.165) is 32.6 Å². The second kappa shape index (κ2) is 8.45. The maximum absolute atomic E-state index is 12.7. The summed E-state index contributed by atoms with van der Waals surface area (Å²) in [6, 6.07) is 11.5. The first-order chi connectivity index (χ1) is 16.3. The number of carbonyl (C=O) groups is 2. The molecule has 174 valence electrons. The van der Waals surface area contributed by atoms with Crippen molar-refractivity contribution in [3.05, 3.63) is 58.8 Å². The van der Waals surface area contributed by atoms with E-state index in [-0.39, 0.29) is 24.9 Å². The molecule has 0 fully saturated rings. The molecule has 3 heterocycles. The highest BCUT2D eigenvalue weighted by Gasteiger charge is 2.33. The summed E-state index contributed by atoms with van der Waals surface area (Å²) >= 11 is 1.53. The van der Waals surface area contributed by atoms with Gasteiger partial charge >= 0.3 is 0 Å².